The van der Waals surface area contributed by atoms with Crippen LogP contribution in [0.15, 0.2) is 78.9 Å². The van der Waals surface area contributed by atoms with Crippen molar-refractivity contribution in [3.05, 3.63) is 102 Å². The molecule has 1 atom stereocenters. The van der Waals surface area contributed by atoms with Crippen molar-refractivity contribution < 1.29 is 9.18 Å². The molecule has 0 aliphatic heterocycles. The number of aromatic nitrogens is 2. The standard InChI is InChI=1S/C22H18FN3O/c23-17-11-5-4-10-16(17)22(27)26-20(14-15-8-2-1-3-9-15)21-24-18-12-6-7-13-19(18)25-21/h1-13,20H,14H2,(H,24,25)(H,26,27)/t20-/m0/s1. The topological polar surface area (TPSA) is 57.8 Å². The zero-order chi connectivity index (χ0) is 18.6. The van der Waals surface area contributed by atoms with Gasteiger partial charge in [0, 0.05) is 0 Å². The smallest absolute Gasteiger partial charge is 0.254 e. The maximum atomic E-state index is 14.0. The second-order valence-corrected chi connectivity index (χ2v) is 6.33. The monoisotopic (exact) mass is 359 g/mol. The van der Waals surface area contributed by atoms with Gasteiger partial charge in [0.25, 0.3) is 5.91 Å². The molecule has 134 valence electrons. The number of nitrogens with one attached hydrogen (secondary N) is 2. The Morgan fingerprint density at radius 3 is 2.44 bits per heavy atom. The van der Waals surface area contributed by atoms with E-state index in [-0.39, 0.29) is 5.56 Å². The van der Waals surface area contributed by atoms with E-state index >= 15 is 0 Å². The highest BCUT2D eigenvalue weighted by molar-refractivity contribution is 5.94. The Kier molecular flexibility index (Phi) is 4.66. The van der Waals surface area contributed by atoms with Crippen LogP contribution in [0.4, 0.5) is 4.39 Å². The van der Waals surface area contributed by atoms with Gasteiger partial charge < -0.3 is 10.3 Å². The van der Waals surface area contributed by atoms with Crippen LogP contribution in [-0.2, 0) is 6.42 Å². The molecule has 0 fully saturated rings. The zero-order valence-corrected chi connectivity index (χ0v) is 14.5. The number of amides is 1. The predicted molar refractivity (Wildman–Crippen MR) is 103 cm³/mol. The van der Waals surface area contributed by atoms with Crippen molar-refractivity contribution in [1.82, 2.24) is 15.3 Å². The fourth-order valence-corrected chi connectivity index (χ4v) is 3.08. The fraction of sp³-hybridized carbons (Fsp3) is 0.0909. The average molecular weight is 359 g/mol. The Morgan fingerprint density at radius 1 is 0.963 bits per heavy atom. The summed E-state index contributed by atoms with van der Waals surface area (Å²) in [5, 5.41) is 2.93. The van der Waals surface area contributed by atoms with E-state index in [4.69, 9.17) is 0 Å². The molecular weight excluding hydrogens is 341 g/mol. The molecule has 0 bridgehead atoms. The number of halogens is 1. The fourth-order valence-electron chi connectivity index (χ4n) is 3.08. The van der Waals surface area contributed by atoms with Gasteiger partial charge in [-0.15, -0.1) is 0 Å². The van der Waals surface area contributed by atoms with Gasteiger partial charge >= 0.3 is 0 Å². The van der Waals surface area contributed by atoms with Crippen molar-refractivity contribution in [1.29, 1.82) is 0 Å². The van der Waals surface area contributed by atoms with Crippen LogP contribution in [0.25, 0.3) is 11.0 Å². The molecule has 1 aromatic heterocycles. The maximum Gasteiger partial charge on any atom is 0.254 e. The summed E-state index contributed by atoms with van der Waals surface area (Å²) in [6.07, 6.45) is 0.543. The van der Waals surface area contributed by atoms with E-state index in [0.29, 0.717) is 12.2 Å². The van der Waals surface area contributed by atoms with E-state index in [1.807, 2.05) is 54.6 Å². The number of carbonyl (C=O) groups is 1. The van der Waals surface area contributed by atoms with E-state index in [1.54, 1.807) is 12.1 Å². The normalized spacial score (nSPS) is 12.0. The number of carbonyl (C=O) groups excluding carboxylic acids is 1. The van der Waals surface area contributed by atoms with Gasteiger partial charge in [0.05, 0.1) is 22.6 Å². The number of aromatic amines is 1. The van der Waals surface area contributed by atoms with Gasteiger partial charge in [-0.2, -0.15) is 0 Å². The van der Waals surface area contributed by atoms with Crippen LogP contribution in [0, 0.1) is 5.82 Å². The van der Waals surface area contributed by atoms with Gasteiger partial charge in [0.2, 0.25) is 0 Å². The number of fused-ring (bicyclic) bond motifs is 1. The van der Waals surface area contributed by atoms with E-state index < -0.39 is 17.8 Å². The van der Waals surface area contributed by atoms with Gasteiger partial charge in [-0.1, -0.05) is 54.6 Å². The molecule has 0 aliphatic rings. The highest BCUT2D eigenvalue weighted by atomic mass is 19.1. The molecule has 1 amide bonds. The molecule has 0 saturated carbocycles. The molecule has 27 heavy (non-hydrogen) atoms. The zero-order valence-electron chi connectivity index (χ0n) is 14.5. The summed E-state index contributed by atoms with van der Waals surface area (Å²) in [7, 11) is 0. The number of rotatable bonds is 5. The Labute approximate surface area is 156 Å². The molecule has 0 aliphatic carbocycles. The number of benzene rings is 3. The molecule has 0 unspecified atom stereocenters. The molecule has 4 aromatic rings. The van der Waals surface area contributed by atoms with E-state index in [1.165, 1.54) is 12.1 Å². The summed E-state index contributed by atoms with van der Waals surface area (Å²) < 4.78 is 14.0. The minimum atomic E-state index is -0.543. The van der Waals surface area contributed by atoms with Crippen LogP contribution in [0.2, 0.25) is 0 Å². The molecule has 5 heteroatoms. The average Bonchev–Trinajstić information content (AvgIpc) is 3.13. The first-order valence-corrected chi connectivity index (χ1v) is 8.74. The van der Waals surface area contributed by atoms with Crippen molar-refractivity contribution in [3.63, 3.8) is 0 Å². The molecule has 3 aromatic carbocycles. The second kappa shape index (κ2) is 7.41. The molecule has 4 nitrogen and oxygen atoms in total. The Morgan fingerprint density at radius 2 is 1.67 bits per heavy atom. The quantitative estimate of drug-likeness (QED) is 0.554. The first-order valence-electron chi connectivity index (χ1n) is 8.74. The van der Waals surface area contributed by atoms with Gasteiger partial charge in [0.1, 0.15) is 11.6 Å². The molecule has 4 rings (SSSR count). The molecule has 0 radical (unpaired) electrons. The summed E-state index contributed by atoms with van der Waals surface area (Å²) >= 11 is 0. The third kappa shape index (κ3) is 3.72. The summed E-state index contributed by atoms with van der Waals surface area (Å²) in [5.41, 5.74) is 2.79. The summed E-state index contributed by atoms with van der Waals surface area (Å²) in [6, 6.07) is 23.1. The Hall–Kier alpha value is -3.47. The first kappa shape index (κ1) is 17.0. The van der Waals surface area contributed by atoms with Crippen molar-refractivity contribution in [2.24, 2.45) is 0 Å². The molecule has 0 saturated heterocycles. The third-order valence-corrected chi connectivity index (χ3v) is 4.44. The number of hydrogen-bond acceptors (Lipinski definition) is 2. The highest BCUT2D eigenvalue weighted by Crippen LogP contribution is 2.21. The summed E-state index contributed by atoms with van der Waals surface area (Å²) in [4.78, 5) is 20.5. The number of nitrogens with zero attached hydrogens (tertiary/aromatic N) is 1. The minimum Gasteiger partial charge on any atom is -0.342 e. The third-order valence-electron chi connectivity index (χ3n) is 4.44. The maximum absolute atomic E-state index is 14.0. The van der Waals surface area contributed by atoms with Crippen molar-refractivity contribution >= 4 is 16.9 Å². The summed E-state index contributed by atoms with van der Waals surface area (Å²) in [5.74, 6) is -0.364. The van der Waals surface area contributed by atoms with E-state index in [0.717, 1.165) is 16.6 Å². The predicted octanol–water partition coefficient (Wildman–Crippen LogP) is 4.42. The van der Waals surface area contributed by atoms with Gasteiger partial charge in [-0.3, -0.25) is 4.79 Å². The van der Waals surface area contributed by atoms with Crippen LogP contribution in [0.5, 0.6) is 0 Å². The van der Waals surface area contributed by atoms with Crippen molar-refractivity contribution in [3.8, 4) is 0 Å². The Bertz CT molecular complexity index is 1040. The van der Waals surface area contributed by atoms with Crippen molar-refractivity contribution in [2.45, 2.75) is 12.5 Å². The largest absolute Gasteiger partial charge is 0.342 e. The van der Waals surface area contributed by atoms with Crippen LogP contribution in [0.3, 0.4) is 0 Å². The highest BCUT2D eigenvalue weighted by Gasteiger charge is 2.21. The Balaban J connectivity index is 1.67. The summed E-state index contributed by atoms with van der Waals surface area (Å²) in [6.45, 7) is 0. The van der Waals surface area contributed by atoms with Crippen LogP contribution in [-0.4, -0.2) is 15.9 Å². The van der Waals surface area contributed by atoms with Gasteiger partial charge in [-0.05, 0) is 36.2 Å². The lowest BCUT2D eigenvalue weighted by Crippen LogP contribution is -2.31. The minimum absolute atomic E-state index is 0.0201. The first-order chi connectivity index (χ1) is 13.2. The van der Waals surface area contributed by atoms with Crippen molar-refractivity contribution in [2.75, 3.05) is 0 Å². The number of H-pyrrole nitrogens is 1. The number of imidazole rings is 1. The van der Waals surface area contributed by atoms with Gasteiger partial charge in [0.15, 0.2) is 0 Å². The van der Waals surface area contributed by atoms with Crippen LogP contribution in [0.1, 0.15) is 27.8 Å². The molecule has 2 N–H and O–H groups in total. The lowest BCUT2D eigenvalue weighted by atomic mass is 10.0. The van der Waals surface area contributed by atoms with Crippen LogP contribution < -0.4 is 5.32 Å². The van der Waals surface area contributed by atoms with E-state index in [9.17, 15) is 9.18 Å². The number of hydrogen-bond donors (Lipinski definition) is 2. The molecule has 1 heterocycles. The molecular formula is C22H18FN3O. The molecule has 0 spiro atoms. The lowest BCUT2D eigenvalue weighted by Gasteiger charge is -2.17. The second-order valence-electron chi connectivity index (χ2n) is 6.33. The van der Waals surface area contributed by atoms with Crippen LogP contribution >= 0.6 is 0 Å². The SMILES string of the molecule is O=C(N[C@@H](Cc1ccccc1)c1nc2ccccc2[nH]1)c1ccccc1F. The lowest BCUT2D eigenvalue weighted by molar-refractivity contribution is 0.0931. The van der Waals surface area contributed by atoms with Gasteiger partial charge in [-0.25, -0.2) is 9.37 Å². The van der Waals surface area contributed by atoms with E-state index in [2.05, 4.69) is 15.3 Å². The number of para-hydroxylation sites is 2.